The highest BCUT2D eigenvalue weighted by Crippen LogP contribution is 2.13. The van der Waals surface area contributed by atoms with E-state index in [1.165, 1.54) is 20.0 Å². The molecule has 1 rings (SSSR count). The fourth-order valence-corrected chi connectivity index (χ4v) is 1.40. The van der Waals surface area contributed by atoms with Crippen LogP contribution < -0.4 is 5.32 Å². The molecule has 0 saturated carbocycles. The zero-order valence-corrected chi connectivity index (χ0v) is 9.78. The number of carbonyl (C=O) groups excluding carboxylic acids is 1. The number of carbonyl (C=O) groups is 2. The van der Waals surface area contributed by atoms with E-state index in [2.05, 4.69) is 10.4 Å². The Morgan fingerprint density at radius 1 is 1.67 bits per heavy atom. The monoisotopic (exact) mass is 256 g/mol. The van der Waals surface area contributed by atoms with E-state index in [4.69, 9.17) is 5.11 Å². The van der Waals surface area contributed by atoms with Crippen LogP contribution in [0.25, 0.3) is 0 Å². The summed E-state index contributed by atoms with van der Waals surface area (Å²) in [5, 5.41) is 25.3. The molecule has 1 heterocycles. The second-order valence-electron chi connectivity index (χ2n) is 3.71. The average Bonchev–Trinajstić information content (AvgIpc) is 2.57. The fourth-order valence-electron chi connectivity index (χ4n) is 1.40. The van der Waals surface area contributed by atoms with Crippen LogP contribution in [-0.4, -0.2) is 37.7 Å². The van der Waals surface area contributed by atoms with Crippen molar-refractivity contribution in [1.82, 2.24) is 15.1 Å². The molecule has 1 aromatic rings. The summed E-state index contributed by atoms with van der Waals surface area (Å²) in [6, 6.07) is -1.18. The van der Waals surface area contributed by atoms with E-state index < -0.39 is 22.8 Å². The third-order valence-corrected chi connectivity index (χ3v) is 2.14. The number of nitro groups is 1. The summed E-state index contributed by atoms with van der Waals surface area (Å²) in [5.41, 5.74) is 0.326. The van der Waals surface area contributed by atoms with Gasteiger partial charge in [0.2, 0.25) is 5.91 Å². The number of nitrogens with zero attached hydrogens (tertiary/aromatic N) is 3. The lowest BCUT2D eigenvalue weighted by atomic mass is 10.3. The average molecular weight is 256 g/mol. The molecular formula is C9H12N4O5. The molecule has 98 valence electrons. The molecule has 0 spiro atoms. The highest BCUT2D eigenvalue weighted by molar-refractivity contribution is 5.81. The second-order valence-corrected chi connectivity index (χ2v) is 3.71. The summed E-state index contributed by atoms with van der Waals surface area (Å²) < 4.78 is 1.13. The topological polar surface area (TPSA) is 127 Å². The molecule has 0 aliphatic carbocycles. The third kappa shape index (κ3) is 3.27. The standard InChI is InChI=1S/C9H12N4O5/c1-5-3-12(11-8(5)13(17)18)4-7(9(15)16)10-6(2)14/h3,7H,4H2,1-2H3,(H,10,14)(H,15,16). The molecule has 9 nitrogen and oxygen atoms in total. The van der Waals surface area contributed by atoms with Gasteiger partial charge in [-0.1, -0.05) is 0 Å². The third-order valence-electron chi connectivity index (χ3n) is 2.14. The van der Waals surface area contributed by atoms with Crippen molar-refractivity contribution in [3.05, 3.63) is 21.9 Å². The van der Waals surface area contributed by atoms with Crippen LogP contribution in [0.3, 0.4) is 0 Å². The molecule has 0 fully saturated rings. The van der Waals surface area contributed by atoms with Crippen molar-refractivity contribution in [3.8, 4) is 0 Å². The normalized spacial score (nSPS) is 11.9. The second kappa shape index (κ2) is 5.25. The maximum absolute atomic E-state index is 10.9. The highest BCUT2D eigenvalue weighted by Gasteiger charge is 2.23. The van der Waals surface area contributed by atoms with Gasteiger partial charge in [0, 0.05) is 6.92 Å². The summed E-state index contributed by atoms with van der Waals surface area (Å²) in [5.74, 6) is -2.07. The first-order chi connectivity index (χ1) is 8.31. The van der Waals surface area contributed by atoms with Gasteiger partial charge in [0.1, 0.15) is 6.04 Å². The van der Waals surface area contributed by atoms with Crippen LogP contribution >= 0.6 is 0 Å². The molecule has 1 aromatic heterocycles. The Morgan fingerprint density at radius 2 is 2.28 bits per heavy atom. The Kier molecular flexibility index (Phi) is 3.97. The van der Waals surface area contributed by atoms with Crippen molar-refractivity contribution in [3.63, 3.8) is 0 Å². The number of amides is 1. The number of aryl methyl sites for hydroxylation is 1. The number of carboxylic acid groups (broad SMARTS) is 1. The Morgan fingerprint density at radius 3 is 2.67 bits per heavy atom. The number of aromatic nitrogens is 2. The molecule has 0 radical (unpaired) electrons. The first-order valence-electron chi connectivity index (χ1n) is 4.99. The summed E-state index contributed by atoms with van der Waals surface area (Å²) in [4.78, 5) is 31.6. The number of rotatable bonds is 5. The first kappa shape index (κ1) is 13.6. The minimum absolute atomic E-state index is 0.177. The van der Waals surface area contributed by atoms with Gasteiger partial charge >= 0.3 is 11.8 Å². The van der Waals surface area contributed by atoms with Crippen molar-refractivity contribution in [2.45, 2.75) is 26.4 Å². The highest BCUT2D eigenvalue weighted by atomic mass is 16.6. The van der Waals surface area contributed by atoms with Gasteiger partial charge in [-0.3, -0.25) is 4.79 Å². The van der Waals surface area contributed by atoms with Gasteiger partial charge in [-0.2, -0.15) is 4.68 Å². The van der Waals surface area contributed by atoms with Crippen molar-refractivity contribution in [2.75, 3.05) is 0 Å². The van der Waals surface area contributed by atoms with Crippen molar-refractivity contribution in [1.29, 1.82) is 0 Å². The summed E-state index contributed by atoms with van der Waals surface area (Å²) >= 11 is 0. The Bertz CT molecular complexity index is 495. The summed E-state index contributed by atoms with van der Waals surface area (Å²) in [7, 11) is 0. The van der Waals surface area contributed by atoms with Crippen LogP contribution in [0.1, 0.15) is 12.5 Å². The lowest BCUT2D eigenvalue weighted by Gasteiger charge is -2.10. The van der Waals surface area contributed by atoms with E-state index in [0.29, 0.717) is 5.56 Å². The Labute approximate surface area is 102 Å². The minimum atomic E-state index is -1.24. The van der Waals surface area contributed by atoms with E-state index in [-0.39, 0.29) is 12.4 Å². The van der Waals surface area contributed by atoms with Gasteiger partial charge in [-0.05, 0) is 11.8 Å². The van der Waals surface area contributed by atoms with E-state index in [1.54, 1.807) is 0 Å². The Balaban J connectivity index is 2.87. The number of hydrogen-bond donors (Lipinski definition) is 2. The number of hydrogen-bond acceptors (Lipinski definition) is 5. The molecule has 0 bridgehead atoms. The maximum Gasteiger partial charge on any atom is 0.392 e. The largest absolute Gasteiger partial charge is 0.480 e. The lowest BCUT2D eigenvalue weighted by Crippen LogP contribution is -2.42. The van der Waals surface area contributed by atoms with E-state index in [1.807, 2.05) is 0 Å². The molecule has 1 unspecified atom stereocenters. The zero-order chi connectivity index (χ0) is 13.9. The predicted octanol–water partition coefficient (Wildman–Crippen LogP) is -0.311. The zero-order valence-electron chi connectivity index (χ0n) is 9.78. The van der Waals surface area contributed by atoms with E-state index in [0.717, 1.165) is 4.68 Å². The summed E-state index contributed by atoms with van der Waals surface area (Å²) in [6.45, 7) is 2.51. The lowest BCUT2D eigenvalue weighted by molar-refractivity contribution is -0.390. The first-order valence-corrected chi connectivity index (χ1v) is 4.99. The van der Waals surface area contributed by atoms with Crippen molar-refractivity contribution >= 4 is 17.7 Å². The molecule has 1 amide bonds. The maximum atomic E-state index is 10.9. The van der Waals surface area contributed by atoms with E-state index in [9.17, 15) is 19.7 Å². The molecule has 18 heavy (non-hydrogen) atoms. The molecule has 0 aromatic carbocycles. The van der Waals surface area contributed by atoms with Crippen LogP contribution in [0.5, 0.6) is 0 Å². The predicted molar refractivity (Wildman–Crippen MR) is 58.9 cm³/mol. The van der Waals surface area contributed by atoms with Gasteiger partial charge < -0.3 is 20.5 Å². The molecule has 0 saturated heterocycles. The molecule has 9 heteroatoms. The van der Waals surface area contributed by atoms with Crippen molar-refractivity contribution in [2.24, 2.45) is 0 Å². The van der Waals surface area contributed by atoms with Gasteiger partial charge in [0.25, 0.3) is 0 Å². The minimum Gasteiger partial charge on any atom is -0.480 e. The number of carboxylic acids is 1. The quantitative estimate of drug-likeness (QED) is 0.549. The van der Waals surface area contributed by atoms with Gasteiger partial charge in [-0.15, -0.1) is 0 Å². The van der Waals surface area contributed by atoms with Crippen LogP contribution in [0, 0.1) is 17.0 Å². The van der Waals surface area contributed by atoms with Crippen LogP contribution in [-0.2, 0) is 16.1 Å². The van der Waals surface area contributed by atoms with Gasteiger partial charge in [0.05, 0.1) is 23.4 Å². The molecule has 1 atom stereocenters. The molecule has 0 aliphatic rings. The smallest absolute Gasteiger partial charge is 0.392 e. The Hall–Kier alpha value is -2.45. The van der Waals surface area contributed by atoms with Crippen LogP contribution in [0.4, 0.5) is 5.82 Å². The van der Waals surface area contributed by atoms with E-state index >= 15 is 0 Å². The summed E-state index contributed by atoms with van der Waals surface area (Å²) in [6.07, 6.45) is 1.36. The van der Waals surface area contributed by atoms with Crippen molar-refractivity contribution < 1.29 is 19.6 Å². The molecule has 0 aliphatic heterocycles. The molecular weight excluding hydrogens is 244 g/mol. The molecule has 2 N–H and O–H groups in total. The van der Waals surface area contributed by atoms with Gasteiger partial charge in [-0.25, -0.2) is 4.79 Å². The van der Waals surface area contributed by atoms with Crippen LogP contribution in [0.15, 0.2) is 6.20 Å². The number of nitrogens with one attached hydrogen (secondary N) is 1. The SMILES string of the molecule is CC(=O)NC(Cn1cc(C)c([N+](=O)[O-])n1)C(=O)O. The van der Waals surface area contributed by atoms with Crippen LogP contribution in [0.2, 0.25) is 0 Å². The van der Waals surface area contributed by atoms with Gasteiger partial charge in [0.15, 0.2) is 0 Å². The fraction of sp³-hybridized carbons (Fsp3) is 0.444. The number of aliphatic carboxylic acids is 1.